The van der Waals surface area contributed by atoms with Crippen LogP contribution in [0.3, 0.4) is 0 Å². The number of para-hydroxylation sites is 2. The van der Waals surface area contributed by atoms with Crippen LogP contribution in [0.5, 0.6) is 0 Å². The average molecular weight is 723 g/mol. The maximum atomic E-state index is 5.76. The van der Waals surface area contributed by atoms with Crippen LogP contribution in [-0.2, 0) is 6.42 Å². The van der Waals surface area contributed by atoms with Gasteiger partial charge in [0.1, 0.15) is 16.9 Å². The predicted octanol–water partition coefficient (Wildman–Crippen LogP) is 13.5. The van der Waals surface area contributed by atoms with E-state index in [2.05, 4.69) is 184 Å². The topological polar surface area (TPSA) is 34.2 Å². The number of thiophene rings is 1. The monoisotopic (exact) mass is 722 g/mol. The molecule has 1 aliphatic heterocycles. The molecule has 1 unspecified atom stereocenters. The molecule has 0 saturated heterocycles. The number of aliphatic imine (C=N–C) groups is 1. The summed E-state index contributed by atoms with van der Waals surface area (Å²) in [6, 6.07) is 57.4. The molecule has 1 atom stereocenters. The molecular weight excluding hydrogens is 689 g/mol. The zero-order valence-corrected chi connectivity index (χ0v) is 30.7. The normalized spacial score (nSPS) is 15.1. The van der Waals surface area contributed by atoms with Crippen molar-refractivity contribution in [1.29, 1.82) is 0 Å². The zero-order chi connectivity index (χ0) is 36.0. The first-order valence-corrected chi connectivity index (χ1v) is 19.9. The van der Waals surface area contributed by atoms with Crippen molar-refractivity contribution in [2.45, 2.75) is 19.0 Å². The Kier molecular flexibility index (Phi) is 6.65. The van der Waals surface area contributed by atoms with Crippen LogP contribution < -0.4 is 5.32 Å². The number of nitrogens with one attached hydrogen (secondary N) is 1. The summed E-state index contributed by atoms with van der Waals surface area (Å²) in [5.41, 5.74) is 13.0. The highest BCUT2D eigenvalue weighted by Gasteiger charge is 2.33. The summed E-state index contributed by atoms with van der Waals surface area (Å²) in [5.74, 6) is 0. The van der Waals surface area contributed by atoms with E-state index >= 15 is 0 Å². The van der Waals surface area contributed by atoms with Crippen LogP contribution in [0.25, 0.3) is 76.5 Å². The second kappa shape index (κ2) is 11.9. The molecule has 0 spiro atoms. The van der Waals surface area contributed by atoms with E-state index < -0.39 is 0 Å². The number of hydrogen-bond acceptors (Lipinski definition) is 3. The van der Waals surface area contributed by atoms with Crippen molar-refractivity contribution < 1.29 is 0 Å². The minimum Gasteiger partial charge on any atom is -0.350 e. The molecule has 4 heterocycles. The number of allylic oxidation sites excluding steroid dienone is 1. The highest BCUT2D eigenvalue weighted by molar-refractivity contribution is 7.23. The van der Waals surface area contributed by atoms with Crippen molar-refractivity contribution in [3.63, 3.8) is 0 Å². The summed E-state index contributed by atoms with van der Waals surface area (Å²) in [5, 5.41) is 12.7. The second-order valence-electron chi connectivity index (χ2n) is 14.7. The first kappa shape index (κ1) is 30.7. The standard InChI is InChI=1S/C50H34N4S/c1-3-13-31(14-4-1)34-24-26-46-41(28-34)48-50(55-46)52-49(54-43-22-12-10-20-38(43)40-27-32-15-7-8-16-33(32)30-45(40)54)47(51-48)35-23-25-44-39(29-35)37-19-9-11-21-42(37)53(44)36-17-5-2-6-18-36/h1-11,13-21,23-30,49,52H,12,22H2. The Labute approximate surface area is 321 Å². The molecule has 55 heavy (non-hydrogen) atoms. The smallest absolute Gasteiger partial charge is 0.148 e. The first-order chi connectivity index (χ1) is 27.3. The Morgan fingerprint density at radius 1 is 0.582 bits per heavy atom. The summed E-state index contributed by atoms with van der Waals surface area (Å²) in [7, 11) is 0. The van der Waals surface area contributed by atoms with Gasteiger partial charge < -0.3 is 14.5 Å². The summed E-state index contributed by atoms with van der Waals surface area (Å²) in [6.07, 6.45) is 6.45. The second-order valence-corrected chi connectivity index (χ2v) is 15.8. The molecule has 5 heteroatoms. The summed E-state index contributed by atoms with van der Waals surface area (Å²) < 4.78 is 6.19. The van der Waals surface area contributed by atoms with Crippen molar-refractivity contribution in [2.75, 3.05) is 5.32 Å². The van der Waals surface area contributed by atoms with E-state index in [-0.39, 0.29) is 6.17 Å². The van der Waals surface area contributed by atoms with Crippen molar-refractivity contribution in [1.82, 2.24) is 9.13 Å². The van der Waals surface area contributed by atoms with E-state index in [4.69, 9.17) is 4.99 Å². The fraction of sp³-hybridized carbons (Fsp3) is 0.0600. The quantitative estimate of drug-likeness (QED) is 0.193. The summed E-state index contributed by atoms with van der Waals surface area (Å²) in [6.45, 7) is 0. The minimum absolute atomic E-state index is 0.215. The predicted molar refractivity (Wildman–Crippen MR) is 234 cm³/mol. The van der Waals surface area contributed by atoms with Gasteiger partial charge in [-0.2, -0.15) is 0 Å². The lowest BCUT2D eigenvalue weighted by atomic mass is 10.00. The fourth-order valence-electron chi connectivity index (χ4n) is 9.11. The molecule has 0 fully saturated rings. The lowest BCUT2D eigenvalue weighted by Crippen LogP contribution is -2.31. The van der Waals surface area contributed by atoms with Gasteiger partial charge in [-0.25, -0.2) is 4.99 Å². The lowest BCUT2D eigenvalue weighted by Gasteiger charge is -2.30. The molecule has 3 aromatic heterocycles. The molecule has 10 aromatic rings. The number of fused-ring (bicyclic) bond motifs is 10. The Morgan fingerprint density at radius 2 is 1.31 bits per heavy atom. The molecule has 1 N–H and O–H groups in total. The van der Waals surface area contributed by atoms with Crippen molar-refractivity contribution in [3.05, 3.63) is 181 Å². The highest BCUT2D eigenvalue weighted by Crippen LogP contribution is 2.49. The van der Waals surface area contributed by atoms with Gasteiger partial charge in [0.25, 0.3) is 0 Å². The minimum atomic E-state index is -0.215. The van der Waals surface area contributed by atoms with E-state index in [1.54, 1.807) is 11.3 Å². The van der Waals surface area contributed by atoms with E-state index in [0.717, 1.165) is 40.5 Å². The van der Waals surface area contributed by atoms with E-state index in [9.17, 15) is 0 Å². The third kappa shape index (κ3) is 4.66. The number of benzene rings is 7. The third-order valence-corrected chi connectivity index (χ3v) is 12.7. The molecular formula is C50H34N4S. The SMILES string of the molecule is C1=Cc2c(n(C3Nc4sc5ccc(-c6ccccc6)cc5c4N=C3c3ccc4c(c3)c3ccccc3n4-c3ccccc3)c3cc4ccccc4cc23)CC1. The van der Waals surface area contributed by atoms with Gasteiger partial charge in [0.2, 0.25) is 0 Å². The summed E-state index contributed by atoms with van der Waals surface area (Å²) >= 11 is 1.80. The molecule has 4 nitrogen and oxygen atoms in total. The van der Waals surface area contributed by atoms with Crippen LogP contribution in [0.4, 0.5) is 10.7 Å². The molecule has 0 radical (unpaired) electrons. The average Bonchev–Trinajstić information content (AvgIpc) is 3.89. The molecule has 1 aliphatic carbocycles. The largest absolute Gasteiger partial charge is 0.350 e. The van der Waals surface area contributed by atoms with Gasteiger partial charge >= 0.3 is 0 Å². The van der Waals surface area contributed by atoms with Gasteiger partial charge in [-0.15, -0.1) is 11.3 Å². The molecule has 7 aromatic carbocycles. The van der Waals surface area contributed by atoms with Gasteiger partial charge in [0.05, 0.1) is 22.3 Å². The van der Waals surface area contributed by atoms with Crippen molar-refractivity contribution >= 4 is 87.4 Å². The Bertz CT molecular complexity index is 3230. The van der Waals surface area contributed by atoms with Gasteiger partial charge in [-0.05, 0) is 89.3 Å². The van der Waals surface area contributed by atoms with Crippen LogP contribution >= 0.6 is 11.3 Å². The molecule has 0 amide bonds. The number of aromatic nitrogens is 2. The first-order valence-electron chi connectivity index (χ1n) is 19.0. The zero-order valence-electron chi connectivity index (χ0n) is 29.9. The van der Waals surface area contributed by atoms with Crippen molar-refractivity contribution in [3.8, 4) is 16.8 Å². The van der Waals surface area contributed by atoms with Gasteiger partial charge in [-0.3, -0.25) is 0 Å². The molecule has 2 aliphatic rings. The Hall–Kier alpha value is -6.69. The maximum absolute atomic E-state index is 5.76. The number of hydrogen-bond donors (Lipinski definition) is 1. The van der Waals surface area contributed by atoms with E-state index in [0.29, 0.717) is 0 Å². The van der Waals surface area contributed by atoms with Gasteiger partial charge in [0.15, 0.2) is 0 Å². The van der Waals surface area contributed by atoms with E-state index in [1.807, 2.05) is 0 Å². The van der Waals surface area contributed by atoms with E-state index in [1.165, 1.54) is 76.0 Å². The van der Waals surface area contributed by atoms with Gasteiger partial charge in [0, 0.05) is 48.8 Å². The summed E-state index contributed by atoms with van der Waals surface area (Å²) in [4.78, 5) is 5.76. The van der Waals surface area contributed by atoms with Crippen LogP contribution in [0.15, 0.2) is 169 Å². The van der Waals surface area contributed by atoms with Crippen LogP contribution in [0, 0.1) is 0 Å². The molecule has 0 saturated carbocycles. The van der Waals surface area contributed by atoms with Crippen LogP contribution in [0.2, 0.25) is 0 Å². The Morgan fingerprint density at radius 3 is 2.18 bits per heavy atom. The fourth-order valence-corrected chi connectivity index (χ4v) is 10.2. The third-order valence-electron chi connectivity index (χ3n) is 11.6. The maximum Gasteiger partial charge on any atom is 0.148 e. The van der Waals surface area contributed by atoms with Crippen LogP contribution in [0.1, 0.15) is 29.4 Å². The molecule has 260 valence electrons. The lowest BCUT2D eigenvalue weighted by molar-refractivity contribution is 0.686. The van der Waals surface area contributed by atoms with Crippen LogP contribution in [-0.4, -0.2) is 14.8 Å². The molecule has 12 rings (SSSR count). The number of nitrogens with zero attached hydrogens (tertiary/aromatic N) is 3. The molecule has 0 bridgehead atoms. The van der Waals surface area contributed by atoms with Crippen molar-refractivity contribution in [2.24, 2.45) is 4.99 Å². The van der Waals surface area contributed by atoms with Gasteiger partial charge in [-0.1, -0.05) is 115 Å². The Balaban J connectivity index is 1.13. The highest BCUT2D eigenvalue weighted by atomic mass is 32.1. The number of anilines is 1. The number of rotatable bonds is 4.